The monoisotopic (exact) mass is 264 g/mol. The van der Waals surface area contributed by atoms with Crippen molar-refractivity contribution in [3.63, 3.8) is 0 Å². The van der Waals surface area contributed by atoms with Crippen LogP contribution >= 0.6 is 0 Å². The number of rotatable bonds is 5. The molecule has 1 amide bonds. The molecule has 1 aromatic rings. The molecule has 0 N–H and O–H groups in total. The average Bonchev–Trinajstić information content (AvgIpc) is 3.19. The topological polar surface area (TPSA) is 63.5 Å². The van der Waals surface area contributed by atoms with E-state index in [-0.39, 0.29) is 17.3 Å². The summed E-state index contributed by atoms with van der Waals surface area (Å²) in [5.74, 6) is -1.27. The van der Waals surface area contributed by atoms with Gasteiger partial charge in [-0.15, -0.1) is 6.58 Å². The van der Waals surface area contributed by atoms with E-state index in [0.29, 0.717) is 6.54 Å². The number of hydrogen-bond acceptors (Lipinski definition) is 3. The predicted molar refractivity (Wildman–Crippen MR) is 67.3 cm³/mol. The van der Waals surface area contributed by atoms with Gasteiger partial charge in [0.15, 0.2) is 0 Å². The second-order valence-corrected chi connectivity index (χ2v) is 4.40. The third-order valence-corrected chi connectivity index (χ3v) is 2.97. The van der Waals surface area contributed by atoms with Gasteiger partial charge >= 0.3 is 0 Å². The summed E-state index contributed by atoms with van der Waals surface area (Å²) in [5, 5.41) is 10.7. The highest BCUT2D eigenvalue weighted by molar-refractivity contribution is 5.95. The maximum atomic E-state index is 13.7. The van der Waals surface area contributed by atoms with Crippen LogP contribution in [0.5, 0.6) is 0 Å². The molecule has 1 saturated carbocycles. The highest BCUT2D eigenvalue weighted by atomic mass is 19.1. The Labute approximate surface area is 109 Å². The highest BCUT2D eigenvalue weighted by Gasteiger charge is 2.33. The number of amides is 1. The Balaban J connectivity index is 2.33. The number of non-ortho nitro benzene ring substituents is 1. The van der Waals surface area contributed by atoms with Crippen LogP contribution in [0.4, 0.5) is 10.1 Å². The molecule has 1 fully saturated rings. The van der Waals surface area contributed by atoms with Crippen molar-refractivity contribution >= 4 is 11.6 Å². The predicted octanol–water partition coefficient (Wildman–Crippen LogP) is 2.52. The minimum Gasteiger partial charge on any atom is -0.332 e. The third kappa shape index (κ3) is 2.78. The minimum atomic E-state index is -0.745. The van der Waals surface area contributed by atoms with Gasteiger partial charge in [0.2, 0.25) is 0 Å². The van der Waals surface area contributed by atoms with Crippen LogP contribution in [0, 0.1) is 15.9 Å². The number of nitro benzene ring substituents is 1. The molecule has 1 aliphatic rings. The Kier molecular flexibility index (Phi) is 3.59. The van der Waals surface area contributed by atoms with E-state index in [1.54, 1.807) is 6.08 Å². The van der Waals surface area contributed by atoms with Crippen molar-refractivity contribution in [2.45, 2.75) is 18.9 Å². The van der Waals surface area contributed by atoms with Crippen LogP contribution in [0.2, 0.25) is 0 Å². The molecule has 100 valence electrons. The summed E-state index contributed by atoms with van der Waals surface area (Å²) in [6, 6.07) is 3.06. The summed E-state index contributed by atoms with van der Waals surface area (Å²) in [6.45, 7) is 3.87. The molecule has 6 heteroatoms. The van der Waals surface area contributed by atoms with Gasteiger partial charge in [-0.2, -0.15) is 0 Å². The van der Waals surface area contributed by atoms with E-state index >= 15 is 0 Å². The number of nitrogens with zero attached hydrogens (tertiary/aromatic N) is 2. The smallest absolute Gasteiger partial charge is 0.270 e. The quantitative estimate of drug-likeness (QED) is 0.466. The van der Waals surface area contributed by atoms with Gasteiger partial charge in [0.1, 0.15) is 5.82 Å². The zero-order valence-corrected chi connectivity index (χ0v) is 10.2. The van der Waals surface area contributed by atoms with Crippen LogP contribution in [0.15, 0.2) is 30.9 Å². The molecule has 0 spiro atoms. The van der Waals surface area contributed by atoms with E-state index in [1.165, 1.54) is 4.90 Å². The maximum absolute atomic E-state index is 13.7. The molecule has 0 bridgehead atoms. The van der Waals surface area contributed by atoms with Crippen molar-refractivity contribution in [3.8, 4) is 0 Å². The summed E-state index contributed by atoms with van der Waals surface area (Å²) in [7, 11) is 0. The van der Waals surface area contributed by atoms with Crippen molar-refractivity contribution in [1.82, 2.24) is 4.90 Å². The molecule has 0 aromatic heterocycles. The van der Waals surface area contributed by atoms with Gasteiger partial charge in [-0.05, 0) is 18.9 Å². The Hall–Kier alpha value is -2.24. The first-order valence-electron chi connectivity index (χ1n) is 5.90. The van der Waals surface area contributed by atoms with E-state index in [4.69, 9.17) is 0 Å². The Morgan fingerprint density at radius 3 is 2.79 bits per heavy atom. The normalized spacial score (nSPS) is 13.9. The molecule has 1 aliphatic carbocycles. The van der Waals surface area contributed by atoms with Crippen LogP contribution in [-0.2, 0) is 0 Å². The summed E-state index contributed by atoms with van der Waals surface area (Å²) in [6.07, 6.45) is 3.30. The molecular formula is C13H13FN2O3. The van der Waals surface area contributed by atoms with E-state index in [9.17, 15) is 19.3 Å². The number of hydrogen-bond donors (Lipinski definition) is 0. The molecular weight excluding hydrogens is 251 g/mol. The summed E-state index contributed by atoms with van der Waals surface area (Å²) in [5.41, 5.74) is -0.554. The second-order valence-electron chi connectivity index (χ2n) is 4.40. The molecule has 0 aliphatic heterocycles. The van der Waals surface area contributed by atoms with Gasteiger partial charge in [-0.25, -0.2) is 4.39 Å². The van der Waals surface area contributed by atoms with E-state index in [1.807, 2.05) is 0 Å². The fourth-order valence-corrected chi connectivity index (χ4v) is 1.87. The van der Waals surface area contributed by atoms with E-state index < -0.39 is 16.6 Å². The largest absolute Gasteiger partial charge is 0.332 e. The molecule has 19 heavy (non-hydrogen) atoms. The summed E-state index contributed by atoms with van der Waals surface area (Å²) >= 11 is 0. The van der Waals surface area contributed by atoms with Crippen LogP contribution in [0.1, 0.15) is 23.2 Å². The van der Waals surface area contributed by atoms with E-state index in [2.05, 4.69) is 6.58 Å². The van der Waals surface area contributed by atoms with Crippen molar-refractivity contribution in [2.24, 2.45) is 0 Å². The fourth-order valence-electron chi connectivity index (χ4n) is 1.87. The molecule has 2 rings (SSSR count). The van der Waals surface area contributed by atoms with Gasteiger partial charge in [-0.3, -0.25) is 14.9 Å². The molecule has 0 unspecified atom stereocenters. The number of carbonyl (C=O) groups excluding carboxylic acids is 1. The summed E-state index contributed by atoms with van der Waals surface area (Å²) in [4.78, 5) is 23.7. The van der Waals surface area contributed by atoms with Crippen molar-refractivity contribution in [1.29, 1.82) is 0 Å². The van der Waals surface area contributed by atoms with Gasteiger partial charge < -0.3 is 4.90 Å². The number of benzene rings is 1. The molecule has 0 radical (unpaired) electrons. The number of carbonyl (C=O) groups is 1. The van der Waals surface area contributed by atoms with Crippen LogP contribution < -0.4 is 0 Å². The SMILES string of the molecule is C=CCN(C(=O)c1cc([N+](=O)[O-])ccc1F)C1CC1. The Morgan fingerprint density at radius 1 is 1.58 bits per heavy atom. The lowest BCUT2D eigenvalue weighted by Crippen LogP contribution is -2.33. The Bertz CT molecular complexity index is 541. The van der Waals surface area contributed by atoms with Crippen molar-refractivity contribution in [3.05, 3.63) is 52.3 Å². The molecule has 1 aromatic carbocycles. The third-order valence-electron chi connectivity index (χ3n) is 2.97. The zero-order valence-electron chi connectivity index (χ0n) is 10.2. The van der Waals surface area contributed by atoms with Crippen LogP contribution in [-0.4, -0.2) is 28.3 Å². The average molecular weight is 264 g/mol. The molecule has 0 heterocycles. The lowest BCUT2D eigenvalue weighted by atomic mass is 10.1. The van der Waals surface area contributed by atoms with Crippen molar-refractivity contribution in [2.75, 3.05) is 6.54 Å². The van der Waals surface area contributed by atoms with Gasteiger partial charge in [0.05, 0.1) is 10.5 Å². The molecule has 5 nitrogen and oxygen atoms in total. The van der Waals surface area contributed by atoms with Crippen LogP contribution in [0.3, 0.4) is 0 Å². The molecule has 0 atom stereocenters. The lowest BCUT2D eigenvalue weighted by Gasteiger charge is -2.20. The van der Waals surface area contributed by atoms with E-state index in [0.717, 1.165) is 31.0 Å². The maximum Gasteiger partial charge on any atom is 0.270 e. The zero-order chi connectivity index (χ0) is 14.0. The van der Waals surface area contributed by atoms with Gasteiger partial charge in [0, 0.05) is 24.7 Å². The highest BCUT2D eigenvalue weighted by Crippen LogP contribution is 2.29. The molecule has 0 saturated heterocycles. The van der Waals surface area contributed by atoms with Gasteiger partial charge in [-0.1, -0.05) is 6.08 Å². The van der Waals surface area contributed by atoms with Crippen molar-refractivity contribution < 1.29 is 14.1 Å². The van der Waals surface area contributed by atoms with Gasteiger partial charge in [0.25, 0.3) is 11.6 Å². The first-order chi connectivity index (χ1) is 9.04. The first kappa shape index (κ1) is 13.2. The number of nitro groups is 1. The summed E-state index contributed by atoms with van der Waals surface area (Å²) < 4.78 is 13.7. The number of halogens is 1. The first-order valence-corrected chi connectivity index (χ1v) is 5.90. The van der Waals surface area contributed by atoms with Crippen LogP contribution in [0.25, 0.3) is 0 Å². The standard InChI is InChI=1S/C13H13FN2O3/c1-2-7-15(9-3-4-9)13(17)11-8-10(16(18)19)5-6-12(11)14/h2,5-6,8-9H,1,3-4,7H2. The fraction of sp³-hybridized carbons (Fsp3) is 0.308. The second kappa shape index (κ2) is 5.17. The minimum absolute atomic E-state index is 0.0872. The Morgan fingerprint density at radius 2 is 2.26 bits per heavy atom. The lowest BCUT2D eigenvalue weighted by molar-refractivity contribution is -0.384.